The number of aliphatic imine (C=N–C) groups is 1. The minimum Gasteiger partial charge on any atom is -0.490 e. The van der Waals surface area contributed by atoms with Crippen molar-refractivity contribution in [3.63, 3.8) is 0 Å². The fraction of sp³-hybridized carbons (Fsp3) is 0.241. The molecule has 2 N–H and O–H groups in total. The number of halogens is 3. The van der Waals surface area contributed by atoms with E-state index in [1.54, 1.807) is 18.2 Å². The number of anilines is 1. The van der Waals surface area contributed by atoms with Crippen molar-refractivity contribution in [2.45, 2.75) is 44.9 Å². The summed E-state index contributed by atoms with van der Waals surface area (Å²) in [6.07, 6.45) is 3.81. The highest BCUT2D eigenvalue weighted by molar-refractivity contribution is 8.18. The van der Waals surface area contributed by atoms with E-state index in [2.05, 4.69) is 24.2 Å². The number of rotatable bonds is 11. The van der Waals surface area contributed by atoms with Gasteiger partial charge in [-0.2, -0.15) is 21.6 Å². The number of ether oxygens (including phenoxy) is 2. The summed E-state index contributed by atoms with van der Waals surface area (Å²) in [6.45, 7) is 4.59. The van der Waals surface area contributed by atoms with E-state index in [0.29, 0.717) is 22.9 Å². The monoisotopic (exact) mass is 619 g/mol. The molecule has 222 valence electrons. The third-order valence-corrected chi connectivity index (χ3v) is 8.05. The Hall–Kier alpha value is -3.97. The molecule has 3 aromatic rings. The van der Waals surface area contributed by atoms with Crippen LogP contribution in [0.1, 0.15) is 37.8 Å². The van der Waals surface area contributed by atoms with Crippen LogP contribution in [-0.2, 0) is 21.4 Å². The summed E-state index contributed by atoms with van der Waals surface area (Å²) in [6, 6.07) is 20.0. The van der Waals surface area contributed by atoms with Gasteiger partial charge in [0.15, 0.2) is 5.17 Å². The number of benzene rings is 3. The van der Waals surface area contributed by atoms with Gasteiger partial charge in [-0.25, -0.2) is 4.99 Å². The Labute approximate surface area is 246 Å². The average Bonchev–Trinajstić information content (AvgIpc) is 3.30. The van der Waals surface area contributed by atoms with E-state index in [9.17, 15) is 26.4 Å². The zero-order valence-corrected chi connectivity index (χ0v) is 24.3. The molecule has 1 heterocycles. The highest BCUT2D eigenvalue weighted by atomic mass is 32.2. The summed E-state index contributed by atoms with van der Waals surface area (Å²) in [7, 11) is -5.52. The van der Waals surface area contributed by atoms with Gasteiger partial charge in [0.25, 0.3) is 5.91 Å². The van der Waals surface area contributed by atoms with Crippen LogP contribution in [0.5, 0.6) is 11.5 Å². The Kier molecular flexibility index (Phi) is 9.84. The number of alkyl halides is 3. The molecule has 13 heteroatoms. The summed E-state index contributed by atoms with van der Waals surface area (Å²) >= 11 is 1.09. The molecule has 0 saturated carbocycles. The summed E-state index contributed by atoms with van der Waals surface area (Å²) < 4.78 is 73.4. The summed E-state index contributed by atoms with van der Waals surface area (Å²) in [4.78, 5) is 17.1. The van der Waals surface area contributed by atoms with Gasteiger partial charge in [-0.15, -0.1) is 0 Å². The average molecular weight is 620 g/mol. The number of nitrogens with zero attached hydrogens (tertiary/aromatic N) is 1. The van der Waals surface area contributed by atoms with E-state index in [1.165, 1.54) is 16.9 Å². The molecule has 1 aliphatic heterocycles. The first-order chi connectivity index (χ1) is 20.0. The second-order valence-electron chi connectivity index (χ2n) is 9.14. The van der Waals surface area contributed by atoms with Crippen LogP contribution in [0.4, 0.5) is 24.5 Å². The number of hydrogen-bond acceptors (Lipinski definition) is 7. The van der Waals surface area contributed by atoms with E-state index in [-0.39, 0.29) is 22.9 Å². The third-order valence-electron chi connectivity index (χ3n) is 6.03. The third kappa shape index (κ3) is 8.29. The molecule has 0 bridgehead atoms. The fourth-order valence-corrected chi connectivity index (χ4v) is 5.11. The number of carbonyl (C=O) groups excluding carboxylic acids is 1. The van der Waals surface area contributed by atoms with Gasteiger partial charge >= 0.3 is 15.5 Å². The molecule has 42 heavy (non-hydrogen) atoms. The molecule has 0 aliphatic carbocycles. The maximum atomic E-state index is 12.5. The highest BCUT2D eigenvalue weighted by Crippen LogP contribution is 2.30. The topological polar surface area (TPSA) is 106 Å². The molecule has 1 aliphatic rings. The van der Waals surface area contributed by atoms with Gasteiger partial charge in [0.1, 0.15) is 18.1 Å². The lowest BCUT2D eigenvalue weighted by atomic mass is 10.2. The minimum absolute atomic E-state index is 0.204. The lowest BCUT2D eigenvalue weighted by molar-refractivity contribution is -0.115. The predicted molar refractivity (Wildman–Crippen MR) is 158 cm³/mol. The van der Waals surface area contributed by atoms with Crippen molar-refractivity contribution < 1.29 is 35.9 Å². The van der Waals surface area contributed by atoms with E-state index in [4.69, 9.17) is 9.47 Å². The Balaban J connectivity index is 1.32. The molecule has 0 aromatic heterocycles. The first-order valence-corrected chi connectivity index (χ1v) is 15.2. The first kappa shape index (κ1) is 31.0. The largest absolute Gasteiger partial charge is 0.516 e. The van der Waals surface area contributed by atoms with Crippen LogP contribution in [0.15, 0.2) is 82.7 Å². The van der Waals surface area contributed by atoms with Gasteiger partial charge in [0, 0.05) is 5.69 Å². The van der Waals surface area contributed by atoms with E-state index in [0.717, 1.165) is 53.6 Å². The number of sulfonamides is 1. The number of carbonyl (C=O) groups is 1. The van der Waals surface area contributed by atoms with Gasteiger partial charge < -0.3 is 14.8 Å². The van der Waals surface area contributed by atoms with Crippen LogP contribution < -0.4 is 19.5 Å². The van der Waals surface area contributed by atoms with Crippen molar-refractivity contribution in [2.75, 3.05) is 4.72 Å². The molecule has 0 atom stereocenters. The standard InChI is InChI=1S/C29H28F3N3O5S2/c1-3-23(4-2)40-25-15-7-20(8-16-25)18-39-24-13-5-19(6-14-24)17-26-27(36)34-28(41-26)33-21-9-11-22(12-10-21)35-42(37,38)29(30,31)32/h5-17,23,35H,3-4,18H2,1-2H3,(H,33,34,36)/b26-17+. The number of amidine groups is 1. The normalized spacial score (nSPS) is 15.7. The van der Waals surface area contributed by atoms with Crippen molar-refractivity contribution in [3.8, 4) is 11.5 Å². The van der Waals surface area contributed by atoms with Gasteiger partial charge in [-0.1, -0.05) is 38.1 Å². The minimum atomic E-state index is -5.52. The van der Waals surface area contributed by atoms with Crippen molar-refractivity contribution in [1.29, 1.82) is 0 Å². The molecule has 0 spiro atoms. The molecule has 0 unspecified atom stereocenters. The Bertz CT molecular complexity index is 1550. The fourth-order valence-electron chi connectivity index (χ4n) is 3.71. The SMILES string of the molecule is CCC(CC)Oc1ccc(COc2ccc(/C=C3/SC(=Nc4ccc(NS(=O)(=O)C(F)(F)F)cc4)NC3=O)cc2)cc1. The Morgan fingerprint density at radius 3 is 2.17 bits per heavy atom. The van der Waals surface area contributed by atoms with E-state index >= 15 is 0 Å². The Morgan fingerprint density at radius 2 is 1.57 bits per heavy atom. The predicted octanol–water partition coefficient (Wildman–Crippen LogP) is 6.99. The smallest absolute Gasteiger partial charge is 0.490 e. The number of nitrogens with one attached hydrogen (secondary N) is 2. The van der Waals surface area contributed by atoms with Crippen molar-refractivity contribution in [1.82, 2.24) is 5.32 Å². The van der Waals surface area contributed by atoms with Crippen LogP contribution in [0.25, 0.3) is 6.08 Å². The van der Waals surface area contributed by atoms with Crippen LogP contribution in [0.2, 0.25) is 0 Å². The lowest BCUT2D eigenvalue weighted by Crippen LogP contribution is -2.29. The van der Waals surface area contributed by atoms with Crippen LogP contribution >= 0.6 is 11.8 Å². The summed E-state index contributed by atoms with van der Waals surface area (Å²) in [5, 5.41) is 2.90. The molecular formula is C29H28F3N3O5S2. The quantitative estimate of drug-likeness (QED) is 0.224. The maximum Gasteiger partial charge on any atom is 0.516 e. The van der Waals surface area contributed by atoms with E-state index in [1.807, 2.05) is 36.4 Å². The molecule has 3 aromatic carbocycles. The highest BCUT2D eigenvalue weighted by Gasteiger charge is 2.46. The molecule has 1 amide bonds. The van der Waals surface area contributed by atoms with Crippen LogP contribution in [-0.4, -0.2) is 31.1 Å². The zero-order valence-electron chi connectivity index (χ0n) is 22.6. The number of amides is 1. The van der Waals surface area contributed by atoms with Crippen LogP contribution in [0, 0.1) is 0 Å². The molecular weight excluding hydrogens is 591 g/mol. The first-order valence-electron chi connectivity index (χ1n) is 12.9. The molecule has 1 fully saturated rings. The summed E-state index contributed by atoms with van der Waals surface area (Å²) in [5.41, 5.74) is -3.62. The molecule has 0 radical (unpaired) electrons. The molecule has 4 rings (SSSR count). The number of hydrogen-bond donors (Lipinski definition) is 2. The maximum absolute atomic E-state index is 12.5. The van der Waals surface area contributed by atoms with Gasteiger partial charge in [-0.05, 0) is 90.3 Å². The van der Waals surface area contributed by atoms with Crippen molar-refractivity contribution in [2.24, 2.45) is 4.99 Å². The van der Waals surface area contributed by atoms with Gasteiger partial charge in [0.05, 0.1) is 16.7 Å². The zero-order chi connectivity index (χ0) is 30.3. The molecule has 8 nitrogen and oxygen atoms in total. The number of thioether (sulfide) groups is 1. The molecule has 1 saturated heterocycles. The van der Waals surface area contributed by atoms with Crippen molar-refractivity contribution >= 4 is 50.3 Å². The van der Waals surface area contributed by atoms with Gasteiger partial charge in [-0.3, -0.25) is 9.52 Å². The second-order valence-corrected chi connectivity index (χ2v) is 11.8. The van der Waals surface area contributed by atoms with Gasteiger partial charge in [0.2, 0.25) is 0 Å². The van der Waals surface area contributed by atoms with E-state index < -0.39 is 15.5 Å². The Morgan fingerprint density at radius 1 is 0.952 bits per heavy atom. The van der Waals surface area contributed by atoms with Crippen LogP contribution in [0.3, 0.4) is 0 Å². The lowest BCUT2D eigenvalue weighted by Gasteiger charge is -2.15. The van der Waals surface area contributed by atoms with Crippen molar-refractivity contribution in [3.05, 3.63) is 88.8 Å². The second kappa shape index (κ2) is 13.3. The summed E-state index contributed by atoms with van der Waals surface area (Å²) in [5.74, 6) is 1.14.